The van der Waals surface area contributed by atoms with Crippen LogP contribution in [0.4, 0.5) is 0 Å². The van der Waals surface area contributed by atoms with Crippen molar-refractivity contribution in [2.75, 3.05) is 6.54 Å². The Labute approximate surface area is 89.4 Å². The van der Waals surface area contributed by atoms with Crippen LogP contribution in [0.2, 0.25) is 0 Å². The largest absolute Gasteiger partial charge is 0.330 e. The Bertz CT molecular complexity index is 141. The lowest BCUT2D eigenvalue weighted by atomic mass is 9.81. The third-order valence-electron chi connectivity index (χ3n) is 3.07. The Balaban J connectivity index is 3.74. The normalized spacial score (nSPS) is 14.8. The summed E-state index contributed by atoms with van der Waals surface area (Å²) in [5.41, 5.74) is 12.0. The highest BCUT2D eigenvalue weighted by Crippen LogP contribution is 2.29. The first kappa shape index (κ1) is 13.9. The average Bonchev–Trinajstić information content (AvgIpc) is 2.11. The highest BCUT2D eigenvalue weighted by atomic mass is 14.6. The first-order valence-electron chi connectivity index (χ1n) is 5.84. The second-order valence-corrected chi connectivity index (χ2v) is 5.50. The molecular weight excluding hydrogens is 172 g/mol. The molecule has 0 saturated heterocycles. The van der Waals surface area contributed by atoms with E-state index in [0.717, 1.165) is 19.4 Å². The third-order valence-corrected chi connectivity index (χ3v) is 3.07. The van der Waals surface area contributed by atoms with E-state index in [9.17, 15) is 0 Å². The molecule has 0 aliphatic rings. The zero-order valence-electron chi connectivity index (χ0n) is 10.3. The van der Waals surface area contributed by atoms with Gasteiger partial charge in [-0.15, -0.1) is 0 Å². The van der Waals surface area contributed by atoms with E-state index >= 15 is 0 Å². The van der Waals surface area contributed by atoms with E-state index in [1.165, 1.54) is 12.8 Å². The van der Waals surface area contributed by atoms with Gasteiger partial charge in [0.1, 0.15) is 0 Å². The minimum absolute atomic E-state index is 0.354. The van der Waals surface area contributed by atoms with Gasteiger partial charge < -0.3 is 11.5 Å². The fraction of sp³-hybridized carbons (Fsp3) is 1.00. The molecular formula is C12H28N2. The molecule has 2 nitrogen and oxygen atoms in total. The molecule has 4 N–H and O–H groups in total. The zero-order valence-corrected chi connectivity index (χ0v) is 10.3. The van der Waals surface area contributed by atoms with Crippen molar-refractivity contribution < 1.29 is 0 Å². The minimum Gasteiger partial charge on any atom is -0.330 e. The zero-order chi connectivity index (χ0) is 11.2. The molecule has 0 rings (SSSR count). The molecule has 0 amide bonds. The predicted octanol–water partition coefficient (Wildman–Crippen LogP) is 2.52. The van der Waals surface area contributed by atoms with Gasteiger partial charge in [-0.2, -0.15) is 0 Å². The summed E-state index contributed by atoms with van der Waals surface area (Å²) >= 11 is 0. The van der Waals surface area contributed by atoms with Gasteiger partial charge in [0.25, 0.3) is 0 Å². The van der Waals surface area contributed by atoms with Crippen LogP contribution in [-0.2, 0) is 0 Å². The first-order valence-corrected chi connectivity index (χ1v) is 5.84. The van der Waals surface area contributed by atoms with Crippen LogP contribution in [0.5, 0.6) is 0 Å². The van der Waals surface area contributed by atoms with Gasteiger partial charge in [0, 0.05) is 6.04 Å². The van der Waals surface area contributed by atoms with Gasteiger partial charge in [0.05, 0.1) is 0 Å². The van der Waals surface area contributed by atoms with Gasteiger partial charge in [-0.1, -0.05) is 27.7 Å². The number of hydrogen-bond donors (Lipinski definition) is 2. The lowest BCUT2D eigenvalue weighted by Crippen LogP contribution is -2.28. The maximum atomic E-state index is 6.03. The Morgan fingerprint density at radius 3 is 2.14 bits per heavy atom. The van der Waals surface area contributed by atoms with Crippen molar-refractivity contribution in [3.05, 3.63) is 0 Å². The molecule has 2 heteroatoms. The summed E-state index contributed by atoms with van der Waals surface area (Å²) in [6, 6.07) is 0.354. The summed E-state index contributed by atoms with van der Waals surface area (Å²) < 4.78 is 0. The average molecular weight is 200 g/mol. The third kappa shape index (κ3) is 6.39. The predicted molar refractivity (Wildman–Crippen MR) is 64.1 cm³/mol. The van der Waals surface area contributed by atoms with Gasteiger partial charge in [-0.3, -0.25) is 0 Å². The van der Waals surface area contributed by atoms with Crippen molar-refractivity contribution in [3.8, 4) is 0 Å². The first-order chi connectivity index (χ1) is 6.39. The van der Waals surface area contributed by atoms with E-state index in [1.807, 2.05) is 0 Å². The van der Waals surface area contributed by atoms with Crippen LogP contribution in [0.25, 0.3) is 0 Å². The molecule has 14 heavy (non-hydrogen) atoms. The molecule has 1 unspecified atom stereocenters. The molecule has 0 heterocycles. The summed E-state index contributed by atoms with van der Waals surface area (Å²) in [5.74, 6) is 0.598. The van der Waals surface area contributed by atoms with Crippen LogP contribution in [0.1, 0.15) is 53.4 Å². The van der Waals surface area contributed by atoms with Crippen molar-refractivity contribution in [3.63, 3.8) is 0 Å². The molecule has 0 saturated carbocycles. The number of rotatable bonds is 7. The smallest absolute Gasteiger partial charge is 0.00620 e. The summed E-state index contributed by atoms with van der Waals surface area (Å²) in [6.07, 6.45) is 4.69. The molecule has 0 aromatic carbocycles. The van der Waals surface area contributed by atoms with Gasteiger partial charge >= 0.3 is 0 Å². The quantitative estimate of drug-likeness (QED) is 0.663. The highest BCUT2D eigenvalue weighted by Gasteiger charge is 2.19. The van der Waals surface area contributed by atoms with Crippen LogP contribution in [0, 0.1) is 11.3 Å². The van der Waals surface area contributed by atoms with Gasteiger partial charge in [-0.25, -0.2) is 0 Å². The van der Waals surface area contributed by atoms with E-state index in [1.54, 1.807) is 0 Å². The molecule has 0 bridgehead atoms. The molecule has 0 fully saturated rings. The topological polar surface area (TPSA) is 52.0 Å². The Morgan fingerprint density at radius 1 is 1.14 bits per heavy atom. The summed E-state index contributed by atoms with van der Waals surface area (Å²) in [6.45, 7) is 9.82. The van der Waals surface area contributed by atoms with Crippen molar-refractivity contribution in [2.45, 2.75) is 59.4 Å². The van der Waals surface area contributed by atoms with Crippen LogP contribution < -0.4 is 11.5 Å². The monoisotopic (exact) mass is 200 g/mol. The van der Waals surface area contributed by atoms with Crippen LogP contribution >= 0.6 is 0 Å². The van der Waals surface area contributed by atoms with Crippen molar-refractivity contribution in [2.24, 2.45) is 22.8 Å². The molecule has 86 valence electrons. The van der Waals surface area contributed by atoms with Gasteiger partial charge in [-0.05, 0) is 43.6 Å². The number of nitrogens with two attached hydrogens (primary N) is 2. The fourth-order valence-corrected chi connectivity index (χ4v) is 1.60. The highest BCUT2D eigenvalue weighted by molar-refractivity contribution is 4.74. The van der Waals surface area contributed by atoms with Gasteiger partial charge in [0.15, 0.2) is 0 Å². The Kier molecular flexibility index (Phi) is 6.38. The Morgan fingerprint density at radius 2 is 1.71 bits per heavy atom. The van der Waals surface area contributed by atoms with Crippen LogP contribution in [0.3, 0.4) is 0 Å². The van der Waals surface area contributed by atoms with E-state index < -0.39 is 0 Å². The molecule has 0 spiro atoms. The van der Waals surface area contributed by atoms with E-state index in [0.29, 0.717) is 17.4 Å². The summed E-state index contributed by atoms with van der Waals surface area (Å²) in [5, 5.41) is 0. The minimum atomic E-state index is 0.354. The van der Waals surface area contributed by atoms with E-state index in [2.05, 4.69) is 27.7 Å². The maximum Gasteiger partial charge on any atom is 0.00620 e. The van der Waals surface area contributed by atoms with Crippen LogP contribution in [-0.4, -0.2) is 12.6 Å². The van der Waals surface area contributed by atoms with Crippen molar-refractivity contribution in [1.29, 1.82) is 0 Å². The van der Waals surface area contributed by atoms with Crippen LogP contribution in [0.15, 0.2) is 0 Å². The SMILES string of the molecule is CC(C)C(N)CCC(C)(C)CCCN. The standard InChI is InChI=1S/C12H28N2/c1-10(2)11(14)6-8-12(3,4)7-5-9-13/h10-11H,5-9,13-14H2,1-4H3. The second-order valence-electron chi connectivity index (χ2n) is 5.50. The van der Waals surface area contributed by atoms with E-state index in [4.69, 9.17) is 11.5 Å². The molecule has 0 aliphatic carbocycles. The summed E-state index contributed by atoms with van der Waals surface area (Å²) in [7, 11) is 0. The van der Waals surface area contributed by atoms with Crippen molar-refractivity contribution >= 4 is 0 Å². The van der Waals surface area contributed by atoms with Gasteiger partial charge in [0.2, 0.25) is 0 Å². The molecule has 1 atom stereocenters. The number of hydrogen-bond acceptors (Lipinski definition) is 2. The summed E-state index contributed by atoms with van der Waals surface area (Å²) in [4.78, 5) is 0. The van der Waals surface area contributed by atoms with Crippen molar-refractivity contribution in [1.82, 2.24) is 0 Å². The fourth-order valence-electron chi connectivity index (χ4n) is 1.60. The molecule has 0 aliphatic heterocycles. The lowest BCUT2D eigenvalue weighted by Gasteiger charge is -2.27. The Hall–Kier alpha value is -0.0800. The maximum absolute atomic E-state index is 6.03. The van der Waals surface area contributed by atoms with E-state index in [-0.39, 0.29) is 0 Å². The second kappa shape index (κ2) is 6.41. The molecule has 0 radical (unpaired) electrons. The molecule has 0 aromatic heterocycles. The lowest BCUT2D eigenvalue weighted by molar-refractivity contribution is 0.271. The molecule has 0 aromatic rings.